The Morgan fingerprint density at radius 1 is 1.16 bits per heavy atom. The number of hydrogen-bond donors (Lipinski definition) is 0. The molecule has 0 aliphatic heterocycles. The summed E-state index contributed by atoms with van der Waals surface area (Å²) in [5, 5.41) is 9.02. The zero-order valence-corrected chi connectivity index (χ0v) is 11.1. The predicted octanol–water partition coefficient (Wildman–Crippen LogP) is 3.44. The smallest absolute Gasteiger partial charge is 0.239 e. The van der Waals surface area contributed by atoms with E-state index in [1.165, 1.54) is 4.57 Å². The average molecular weight is 252 g/mol. The van der Waals surface area contributed by atoms with Crippen LogP contribution in [0.2, 0.25) is 0 Å². The molecule has 0 aliphatic carbocycles. The fourth-order valence-corrected chi connectivity index (χ4v) is 2.29. The van der Waals surface area contributed by atoms with Crippen LogP contribution in [0.3, 0.4) is 0 Å². The van der Waals surface area contributed by atoms with E-state index in [4.69, 9.17) is 5.26 Å². The van der Waals surface area contributed by atoms with Crippen molar-refractivity contribution in [1.29, 1.82) is 5.26 Å². The van der Waals surface area contributed by atoms with Crippen LogP contribution in [0.4, 0.5) is 0 Å². The monoisotopic (exact) mass is 252 g/mol. The number of carbonyl (C=O) groups excluding carboxylic acids is 1. The molecule has 1 aromatic carbocycles. The number of rotatable bonds is 3. The van der Waals surface area contributed by atoms with Crippen molar-refractivity contribution in [2.45, 2.75) is 19.8 Å². The van der Waals surface area contributed by atoms with Crippen molar-refractivity contribution in [2.24, 2.45) is 5.92 Å². The van der Waals surface area contributed by atoms with Gasteiger partial charge >= 0.3 is 0 Å². The second kappa shape index (κ2) is 5.53. The van der Waals surface area contributed by atoms with Gasteiger partial charge in [0.15, 0.2) is 0 Å². The zero-order chi connectivity index (χ0) is 13.8. The van der Waals surface area contributed by atoms with Crippen LogP contribution < -0.4 is 0 Å². The molecule has 96 valence electrons. The Labute approximate surface area is 113 Å². The molecule has 0 saturated carbocycles. The highest BCUT2D eigenvalue weighted by atomic mass is 16.2. The maximum atomic E-state index is 12.6. The first kappa shape index (κ1) is 13.1. The van der Waals surface area contributed by atoms with Crippen LogP contribution >= 0.6 is 0 Å². The maximum Gasteiger partial charge on any atom is 0.239 e. The third-order valence-electron chi connectivity index (χ3n) is 3.19. The topological polar surface area (TPSA) is 45.8 Å². The highest BCUT2D eigenvalue weighted by Crippen LogP contribution is 2.26. The van der Waals surface area contributed by atoms with E-state index in [0.717, 1.165) is 5.56 Å². The van der Waals surface area contributed by atoms with Gasteiger partial charge in [0.05, 0.1) is 5.92 Å². The van der Waals surface area contributed by atoms with Gasteiger partial charge < -0.3 is 0 Å². The fourth-order valence-electron chi connectivity index (χ4n) is 2.29. The first-order valence-corrected chi connectivity index (χ1v) is 6.31. The Balaban J connectivity index is 2.42. The van der Waals surface area contributed by atoms with Crippen molar-refractivity contribution in [3.8, 4) is 6.07 Å². The van der Waals surface area contributed by atoms with Crippen molar-refractivity contribution in [2.75, 3.05) is 0 Å². The van der Waals surface area contributed by atoms with Gasteiger partial charge in [0, 0.05) is 6.20 Å². The number of nitriles is 1. The molecule has 0 N–H and O–H groups in total. The minimum Gasteiger partial charge on any atom is -0.278 e. The molecular formula is C16H16N2O. The van der Waals surface area contributed by atoms with E-state index in [9.17, 15) is 4.79 Å². The molecule has 2 aromatic rings. The lowest BCUT2D eigenvalue weighted by Crippen LogP contribution is -2.24. The van der Waals surface area contributed by atoms with Crippen LogP contribution in [0.25, 0.3) is 0 Å². The van der Waals surface area contributed by atoms with Crippen LogP contribution in [-0.2, 0) is 0 Å². The van der Waals surface area contributed by atoms with Gasteiger partial charge in [0.25, 0.3) is 0 Å². The van der Waals surface area contributed by atoms with Gasteiger partial charge in [-0.3, -0.25) is 9.36 Å². The van der Waals surface area contributed by atoms with Crippen LogP contribution in [-0.4, -0.2) is 10.5 Å². The number of nitrogens with zero attached hydrogens (tertiary/aromatic N) is 2. The SMILES string of the molecule is CC(C)C(C(=O)n1cccc1C#N)c1ccccc1. The largest absolute Gasteiger partial charge is 0.278 e. The molecule has 2 rings (SSSR count). The standard InChI is InChI=1S/C16H16N2O/c1-12(2)15(13-7-4-3-5-8-13)16(19)18-10-6-9-14(18)11-17/h3-10,12,15H,1-2H3. The molecule has 3 heteroatoms. The van der Waals surface area contributed by atoms with Crippen LogP contribution in [0.5, 0.6) is 0 Å². The lowest BCUT2D eigenvalue weighted by atomic mass is 9.87. The van der Waals surface area contributed by atoms with E-state index in [0.29, 0.717) is 5.69 Å². The summed E-state index contributed by atoms with van der Waals surface area (Å²) in [7, 11) is 0. The van der Waals surface area contributed by atoms with E-state index in [1.54, 1.807) is 18.3 Å². The normalized spacial score (nSPS) is 12.1. The predicted molar refractivity (Wildman–Crippen MR) is 73.8 cm³/mol. The third kappa shape index (κ3) is 2.58. The summed E-state index contributed by atoms with van der Waals surface area (Å²) in [6, 6.07) is 15.1. The summed E-state index contributed by atoms with van der Waals surface area (Å²) in [4.78, 5) is 12.6. The summed E-state index contributed by atoms with van der Waals surface area (Å²) in [6.07, 6.45) is 1.65. The van der Waals surface area contributed by atoms with Gasteiger partial charge in [0.2, 0.25) is 5.91 Å². The Hall–Kier alpha value is -2.34. The summed E-state index contributed by atoms with van der Waals surface area (Å²) >= 11 is 0. The van der Waals surface area contributed by atoms with Crippen molar-refractivity contribution in [3.05, 3.63) is 59.9 Å². The van der Waals surface area contributed by atoms with E-state index in [1.807, 2.05) is 50.2 Å². The van der Waals surface area contributed by atoms with Crippen molar-refractivity contribution in [1.82, 2.24) is 4.57 Å². The maximum absolute atomic E-state index is 12.6. The quantitative estimate of drug-likeness (QED) is 0.840. The van der Waals surface area contributed by atoms with Gasteiger partial charge in [-0.05, 0) is 23.6 Å². The number of aromatic nitrogens is 1. The van der Waals surface area contributed by atoms with E-state index in [-0.39, 0.29) is 17.7 Å². The number of carbonyl (C=O) groups is 1. The molecule has 0 fully saturated rings. The van der Waals surface area contributed by atoms with Gasteiger partial charge in [-0.15, -0.1) is 0 Å². The van der Waals surface area contributed by atoms with Gasteiger partial charge in [0.1, 0.15) is 11.8 Å². The number of hydrogen-bond acceptors (Lipinski definition) is 2. The van der Waals surface area contributed by atoms with E-state index in [2.05, 4.69) is 0 Å². The first-order valence-electron chi connectivity index (χ1n) is 6.31. The molecule has 1 atom stereocenters. The van der Waals surface area contributed by atoms with Crippen LogP contribution in [0, 0.1) is 17.2 Å². The molecule has 0 saturated heterocycles. The summed E-state index contributed by atoms with van der Waals surface area (Å²) < 4.78 is 1.44. The Bertz CT molecular complexity index is 605. The minimum atomic E-state index is -0.235. The summed E-state index contributed by atoms with van der Waals surface area (Å²) in [5.41, 5.74) is 1.37. The zero-order valence-electron chi connectivity index (χ0n) is 11.1. The molecule has 0 aliphatic rings. The Kier molecular flexibility index (Phi) is 3.82. The molecule has 19 heavy (non-hydrogen) atoms. The lowest BCUT2D eigenvalue weighted by molar-refractivity contribution is 0.0853. The molecular weight excluding hydrogens is 236 g/mol. The average Bonchev–Trinajstić information content (AvgIpc) is 2.88. The van der Waals surface area contributed by atoms with Crippen molar-refractivity contribution < 1.29 is 4.79 Å². The lowest BCUT2D eigenvalue weighted by Gasteiger charge is -2.20. The Morgan fingerprint density at radius 2 is 1.84 bits per heavy atom. The van der Waals surface area contributed by atoms with E-state index >= 15 is 0 Å². The minimum absolute atomic E-state index is 0.0530. The molecule has 0 bridgehead atoms. The molecule has 1 unspecified atom stereocenters. The van der Waals surface area contributed by atoms with Gasteiger partial charge in [-0.1, -0.05) is 44.2 Å². The van der Waals surface area contributed by atoms with Crippen molar-refractivity contribution in [3.63, 3.8) is 0 Å². The second-order valence-corrected chi connectivity index (χ2v) is 4.85. The fraction of sp³-hybridized carbons (Fsp3) is 0.250. The molecule has 1 heterocycles. The summed E-state index contributed by atoms with van der Waals surface area (Å²) in [5.74, 6) is -0.118. The molecule has 1 aromatic heterocycles. The molecule has 0 amide bonds. The van der Waals surface area contributed by atoms with E-state index < -0.39 is 0 Å². The van der Waals surface area contributed by atoms with Gasteiger partial charge in [-0.25, -0.2) is 0 Å². The number of benzene rings is 1. The molecule has 0 radical (unpaired) electrons. The molecule has 3 nitrogen and oxygen atoms in total. The Morgan fingerprint density at radius 3 is 2.42 bits per heavy atom. The molecule has 0 spiro atoms. The first-order chi connectivity index (χ1) is 9.15. The van der Waals surface area contributed by atoms with Crippen molar-refractivity contribution >= 4 is 5.91 Å². The highest BCUT2D eigenvalue weighted by molar-refractivity contribution is 5.87. The van der Waals surface area contributed by atoms with Crippen LogP contribution in [0.15, 0.2) is 48.7 Å². The highest BCUT2D eigenvalue weighted by Gasteiger charge is 2.26. The third-order valence-corrected chi connectivity index (χ3v) is 3.19. The second-order valence-electron chi connectivity index (χ2n) is 4.85. The summed E-state index contributed by atoms with van der Waals surface area (Å²) in [6.45, 7) is 4.04. The van der Waals surface area contributed by atoms with Crippen LogP contribution in [0.1, 0.15) is 35.8 Å². The van der Waals surface area contributed by atoms with Gasteiger partial charge in [-0.2, -0.15) is 5.26 Å².